The van der Waals surface area contributed by atoms with Crippen LogP contribution in [0.4, 0.5) is 0 Å². The lowest BCUT2D eigenvalue weighted by atomic mass is 10.2. The lowest BCUT2D eigenvalue weighted by molar-refractivity contribution is -0.113. The Morgan fingerprint density at radius 2 is 1.69 bits per heavy atom. The van der Waals surface area contributed by atoms with Crippen molar-refractivity contribution in [2.24, 2.45) is 10.7 Å². The number of carbonyl (C=O) groups is 1. The molecule has 0 saturated heterocycles. The molecule has 0 fully saturated rings. The quantitative estimate of drug-likeness (QED) is 0.570. The number of amidine groups is 1. The lowest BCUT2D eigenvalue weighted by Crippen LogP contribution is -2.06. The van der Waals surface area contributed by atoms with Crippen molar-refractivity contribution in [2.75, 3.05) is 13.2 Å². The van der Waals surface area contributed by atoms with Gasteiger partial charge in [0.05, 0.1) is 23.1 Å². The van der Waals surface area contributed by atoms with Crippen LogP contribution in [0.5, 0.6) is 11.5 Å². The van der Waals surface area contributed by atoms with E-state index in [1.54, 1.807) is 12.1 Å². The zero-order chi connectivity index (χ0) is 18.4. The molecule has 2 N–H and O–H groups in total. The summed E-state index contributed by atoms with van der Waals surface area (Å²) in [5.41, 5.74) is 6.38. The van der Waals surface area contributed by atoms with Gasteiger partial charge in [0.2, 0.25) is 0 Å². The minimum absolute atomic E-state index is 0.261. The van der Waals surface area contributed by atoms with Gasteiger partial charge in [-0.2, -0.15) is 4.99 Å². The first-order chi connectivity index (χ1) is 12.6. The summed E-state index contributed by atoms with van der Waals surface area (Å²) >= 11 is 7.21. The predicted molar refractivity (Wildman–Crippen MR) is 106 cm³/mol. The first-order valence-electron chi connectivity index (χ1n) is 8.00. The number of carbonyl (C=O) groups excluding carboxylic acids is 1. The molecule has 0 spiro atoms. The van der Waals surface area contributed by atoms with Gasteiger partial charge in [0.25, 0.3) is 5.91 Å². The van der Waals surface area contributed by atoms with E-state index in [0.29, 0.717) is 41.1 Å². The van der Waals surface area contributed by atoms with Gasteiger partial charge in [0.1, 0.15) is 11.5 Å². The summed E-state index contributed by atoms with van der Waals surface area (Å²) in [7, 11) is 0. The first kappa shape index (κ1) is 18.4. The molecule has 0 aliphatic carbocycles. The van der Waals surface area contributed by atoms with Gasteiger partial charge in [-0.1, -0.05) is 41.9 Å². The van der Waals surface area contributed by atoms with Gasteiger partial charge >= 0.3 is 0 Å². The van der Waals surface area contributed by atoms with Crippen molar-refractivity contribution >= 4 is 40.5 Å². The third kappa shape index (κ3) is 4.80. The molecule has 1 aliphatic rings. The summed E-state index contributed by atoms with van der Waals surface area (Å²) in [6.07, 6.45) is 2.44. The average Bonchev–Trinajstić information content (AvgIpc) is 2.94. The Hall–Kier alpha value is -2.44. The van der Waals surface area contributed by atoms with E-state index in [-0.39, 0.29) is 11.1 Å². The third-order valence-corrected chi connectivity index (χ3v) is 4.61. The molecule has 0 atom stereocenters. The van der Waals surface area contributed by atoms with Crippen LogP contribution in [0.15, 0.2) is 58.4 Å². The summed E-state index contributed by atoms with van der Waals surface area (Å²) in [4.78, 5) is 15.9. The van der Waals surface area contributed by atoms with Crippen molar-refractivity contribution in [3.63, 3.8) is 0 Å². The van der Waals surface area contributed by atoms with Gasteiger partial charge in [0.15, 0.2) is 5.17 Å². The highest BCUT2D eigenvalue weighted by Crippen LogP contribution is 2.29. The second kappa shape index (κ2) is 8.78. The van der Waals surface area contributed by atoms with Crippen LogP contribution in [-0.2, 0) is 4.79 Å². The Morgan fingerprint density at radius 1 is 1.04 bits per heavy atom. The van der Waals surface area contributed by atoms with Crippen LogP contribution in [0.3, 0.4) is 0 Å². The molecule has 26 heavy (non-hydrogen) atoms. The van der Waals surface area contributed by atoms with Gasteiger partial charge in [-0.05, 0) is 36.0 Å². The van der Waals surface area contributed by atoms with Gasteiger partial charge in [-0.15, -0.1) is 0 Å². The number of hydrogen-bond acceptors (Lipinski definition) is 5. The molecule has 7 heteroatoms. The highest BCUT2D eigenvalue weighted by molar-refractivity contribution is 8.18. The Bertz CT molecular complexity index is 867. The Morgan fingerprint density at radius 3 is 2.38 bits per heavy atom. The molecular formula is C19H17ClN2O3S. The van der Waals surface area contributed by atoms with Crippen LogP contribution < -0.4 is 15.2 Å². The maximum Gasteiger partial charge on any atom is 0.286 e. The Balaban J connectivity index is 1.54. The highest BCUT2D eigenvalue weighted by Gasteiger charge is 2.20. The molecule has 134 valence electrons. The van der Waals surface area contributed by atoms with E-state index < -0.39 is 0 Å². The maximum atomic E-state index is 11.7. The van der Waals surface area contributed by atoms with Crippen LogP contribution in [0.25, 0.3) is 6.08 Å². The largest absolute Gasteiger partial charge is 0.493 e. The summed E-state index contributed by atoms with van der Waals surface area (Å²) in [6.45, 7) is 0.968. The molecule has 5 nitrogen and oxygen atoms in total. The summed E-state index contributed by atoms with van der Waals surface area (Å²) < 4.78 is 11.5. The number of para-hydroxylation sites is 2. The number of aliphatic imine (C=N–C) groups is 1. The average molecular weight is 389 g/mol. The number of nitrogens with zero attached hydrogens (tertiary/aromatic N) is 1. The summed E-state index contributed by atoms with van der Waals surface area (Å²) in [5, 5.41) is 0.849. The van der Waals surface area contributed by atoms with Crippen molar-refractivity contribution in [1.82, 2.24) is 0 Å². The number of ether oxygens (including phenoxy) is 2. The van der Waals surface area contributed by atoms with E-state index in [1.807, 2.05) is 42.5 Å². The molecule has 0 saturated carbocycles. The van der Waals surface area contributed by atoms with E-state index in [4.69, 9.17) is 26.8 Å². The Kier molecular flexibility index (Phi) is 6.20. The number of nitrogens with two attached hydrogens (primary N) is 1. The molecule has 0 unspecified atom stereocenters. The van der Waals surface area contributed by atoms with E-state index in [2.05, 4.69) is 4.99 Å². The van der Waals surface area contributed by atoms with Gasteiger partial charge in [0, 0.05) is 12.0 Å². The number of hydrogen-bond donors (Lipinski definition) is 1. The van der Waals surface area contributed by atoms with E-state index in [9.17, 15) is 4.79 Å². The number of rotatable bonds is 7. The summed E-state index contributed by atoms with van der Waals surface area (Å²) in [6, 6.07) is 14.8. The van der Waals surface area contributed by atoms with Crippen molar-refractivity contribution in [3.8, 4) is 11.5 Å². The molecule has 0 radical (unpaired) electrons. The monoisotopic (exact) mass is 388 g/mol. The SMILES string of the molecule is NC1=NC(=O)/C(=C\c2ccccc2OCCCOc2ccccc2Cl)S1. The third-order valence-electron chi connectivity index (χ3n) is 3.48. The summed E-state index contributed by atoms with van der Waals surface area (Å²) in [5.74, 6) is 1.03. The first-order valence-corrected chi connectivity index (χ1v) is 9.20. The Labute approximate surface area is 160 Å². The van der Waals surface area contributed by atoms with E-state index in [1.165, 1.54) is 0 Å². The minimum atomic E-state index is -0.324. The van der Waals surface area contributed by atoms with Gasteiger partial charge in [-0.3, -0.25) is 4.79 Å². The fourth-order valence-corrected chi connectivity index (χ4v) is 3.15. The molecule has 1 amide bonds. The van der Waals surface area contributed by atoms with Crippen LogP contribution in [0, 0.1) is 0 Å². The molecule has 0 bridgehead atoms. The minimum Gasteiger partial charge on any atom is -0.493 e. The standard InChI is InChI=1S/C19H17ClN2O3S/c20-14-7-2-4-9-16(14)25-11-5-10-24-15-8-3-1-6-13(15)12-17-18(23)22-19(21)26-17/h1-4,6-9,12H,5,10-11H2,(H2,21,22,23)/b17-12+. The van der Waals surface area contributed by atoms with Crippen LogP contribution >= 0.6 is 23.4 Å². The normalized spacial score (nSPS) is 15.2. The lowest BCUT2D eigenvalue weighted by Gasteiger charge is -2.11. The topological polar surface area (TPSA) is 73.9 Å². The number of amides is 1. The fourth-order valence-electron chi connectivity index (χ4n) is 2.28. The molecule has 1 heterocycles. The smallest absolute Gasteiger partial charge is 0.286 e. The number of thioether (sulfide) groups is 1. The van der Waals surface area contributed by atoms with Crippen molar-refractivity contribution in [1.29, 1.82) is 0 Å². The van der Waals surface area contributed by atoms with Crippen LogP contribution in [0.2, 0.25) is 5.02 Å². The second-order valence-corrected chi connectivity index (χ2v) is 6.85. The molecule has 2 aromatic rings. The van der Waals surface area contributed by atoms with E-state index in [0.717, 1.165) is 17.3 Å². The van der Waals surface area contributed by atoms with Crippen LogP contribution in [0.1, 0.15) is 12.0 Å². The molecule has 3 rings (SSSR count). The molecule has 0 aromatic heterocycles. The fraction of sp³-hybridized carbons (Fsp3) is 0.158. The second-order valence-electron chi connectivity index (χ2n) is 5.38. The zero-order valence-corrected chi connectivity index (χ0v) is 15.4. The number of halogens is 1. The highest BCUT2D eigenvalue weighted by atomic mass is 35.5. The van der Waals surface area contributed by atoms with Gasteiger partial charge in [-0.25, -0.2) is 0 Å². The zero-order valence-electron chi connectivity index (χ0n) is 13.9. The molecule has 2 aromatic carbocycles. The van der Waals surface area contributed by atoms with Gasteiger partial charge < -0.3 is 15.2 Å². The van der Waals surface area contributed by atoms with Crippen molar-refractivity contribution in [2.45, 2.75) is 6.42 Å². The molecule has 1 aliphatic heterocycles. The maximum absolute atomic E-state index is 11.7. The van der Waals surface area contributed by atoms with E-state index >= 15 is 0 Å². The molecular weight excluding hydrogens is 372 g/mol. The van der Waals surface area contributed by atoms with Crippen molar-refractivity contribution in [3.05, 3.63) is 64.0 Å². The number of benzene rings is 2. The van der Waals surface area contributed by atoms with Crippen molar-refractivity contribution < 1.29 is 14.3 Å². The van der Waals surface area contributed by atoms with Crippen LogP contribution in [-0.4, -0.2) is 24.3 Å². The predicted octanol–water partition coefficient (Wildman–Crippen LogP) is 4.12.